The highest BCUT2D eigenvalue weighted by molar-refractivity contribution is 5.26. The van der Waals surface area contributed by atoms with Crippen molar-refractivity contribution in [3.63, 3.8) is 0 Å². The van der Waals surface area contributed by atoms with E-state index in [1.807, 2.05) is 38.1 Å². The van der Waals surface area contributed by atoms with Crippen LogP contribution in [0, 0.1) is 13.3 Å². The van der Waals surface area contributed by atoms with Crippen molar-refractivity contribution in [3.05, 3.63) is 36.2 Å². The van der Waals surface area contributed by atoms with E-state index >= 15 is 0 Å². The second-order valence-corrected chi connectivity index (χ2v) is 2.73. The van der Waals surface area contributed by atoms with Crippen LogP contribution in [0.5, 0.6) is 5.75 Å². The molecule has 1 rings (SSSR count). The first-order valence-electron chi connectivity index (χ1n) is 4.01. The highest BCUT2D eigenvalue weighted by Crippen LogP contribution is 2.12. The van der Waals surface area contributed by atoms with Crippen LogP contribution < -0.4 is 10.5 Å². The summed E-state index contributed by atoms with van der Waals surface area (Å²) in [5, 5.41) is 0. The van der Waals surface area contributed by atoms with Gasteiger partial charge in [-0.3, -0.25) is 5.73 Å². The molecular weight excluding hydrogens is 150 g/mol. The highest BCUT2D eigenvalue weighted by Gasteiger charge is 1.99. The Morgan fingerprint density at radius 2 is 1.92 bits per heavy atom. The van der Waals surface area contributed by atoms with Gasteiger partial charge in [0.1, 0.15) is 5.75 Å². The SMILES string of the molecule is C[CH]C(N)Oc1ccc(C)cc1. The van der Waals surface area contributed by atoms with Crippen molar-refractivity contribution in [1.82, 2.24) is 0 Å². The Bertz CT molecular complexity index is 230. The molecule has 0 amide bonds. The summed E-state index contributed by atoms with van der Waals surface area (Å²) < 4.78 is 5.34. The number of benzene rings is 1. The Morgan fingerprint density at radius 3 is 2.42 bits per heavy atom. The van der Waals surface area contributed by atoms with Gasteiger partial charge in [0.2, 0.25) is 0 Å². The van der Waals surface area contributed by atoms with Crippen LogP contribution in [-0.2, 0) is 0 Å². The predicted octanol–water partition coefficient (Wildman–Crippen LogP) is 1.88. The van der Waals surface area contributed by atoms with Crippen LogP contribution in [0.15, 0.2) is 24.3 Å². The fraction of sp³-hybridized carbons (Fsp3) is 0.300. The van der Waals surface area contributed by atoms with Gasteiger partial charge in [-0.2, -0.15) is 0 Å². The number of hydrogen-bond donors (Lipinski definition) is 1. The molecule has 0 aromatic heterocycles. The summed E-state index contributed by atoms with van der Waals surface area (Å²) in [4.78, 5) is 0. The Labute approximate surface area is 73.3 Å². The molecule has 0 bridgehead atoms. The molecule has 0 saturated heterocycles. The molecule has 1 aromatic rings. The van der Waals surface area contributed by atoms with Gasteiger partial charge in [0.05, 0.1) is 0 Å². The molecule has 0 fully saturated rings. The molecule has 1 atom stereocenters. The van der Waals surface area contributed by atoms with Crippen molar-refractivity contribution in [1.29, 1.82) is 0 Å². The minimum atomic E-state index is -0.312. The minimum Gasteiger partial charge on any atom is -0.475 e. The smallest absolute Gasteiger partial charge is 0.150 e. The first-order chi connectivity index (χ1) is 5.72. The summed E-state index contributed by atoms with van der Waals surface area (Å²) in [6, 6.07) is 7.83. The number of nitrogens with two attached hydrogens (primary N) is 1. The van der Waals surface area contributed by atoms with Crippen molar-refractivity contribution < 1.29 is 4.74 Å². The lowest BCUT2D eigenvalue weighted by molar-refractivity contribution is 0.242. The topological polar surface area (TPSA) is 35.2 Å². The van der Waals surface area contributed by atoms with Gasteiger partial charge in [-0.15, -0.1) is 0 Å². The summed E-state index contributed by atoms with van der Waals surface area (Å²) >= 11 is 0. The average molecular weight is 164 g/mol. The molecular formula is C10H14NO. The lowest BCUT2D eigenvalue weighted by atomic mass is 10.2. The van der Waals surface area contributed by atoms with Gasteiger partial charge >= 0.3 is 0 Å². The normalized spacial score (nSPS) is 12.6. The highest BCUT2D eigenvalue weighted by atomic mass is 16.5. The zero-order valence-electron chi connectivity index (χ0n) is 7.45. The van der Waals surface area contributed by atoms with Crippen molar-refractivity contribution >= 4 is 0 Å². The van der Waals surface area contributed by atoms with Crippen molar-refractivity contribution in [2.75, 3.05) is 0 Å². The van der Waals surface area contributed by atoms with E-state index < -0.39 is 0 Å². The zero-order valence-corrected chi connectivity index (χ0v) is 7.45. The molecule has 1 unspecified atom stereocenters. The van der Waals surface area contributed by atoms with E-state index in [1.54, 1.807) is 6.42 Å². The lowest BCUT2D eigenvalue weighted by Crippen LogP contribution is -2.26. The van der Waals surface area contributed by atoms with Crippen LogP contribution in [0.25, 0.3) is 0 Å². The molecule has 12 heavy (non-hydrogen) atoms. The molecule has 0 heterocycles. The van der Waals surface area contributed by atoms with Gasteiger partial charge in [-0.1, -0.05) is 24.6 Å². The Balaban J connectivity index is 2.58. The average Bonchev–Trinajstić information content (AvgIpc) is 2.09. The fourth-order valence-corrected chi connectivity index (χ4v) is 0.842. The summed E-state index contributed by atoms with van der Waals surface area (Å²) in [6.07, 6.45) is 1.49. The van der Waals surface area contributed by atoms with Crippen LogP contribution in [0.1, 0.15) is 12.5 Å². The van der Waals surface area contributed by atoms with Gasteiger partial charge in [-0.05, 0) is 19.1 Å². The fourth-order valence-electron chi connectivity index (χ4n) is 0.842. The second kappa shape index (κ2) is 4.12. The van der Waals surface area contributed by atoms with Gasteiger partial charge in [0.15, 0.2) is 6.23 Å². The van der Waals surface area contributed by atoms with Gasteiger partial charge in [0, 0.05) is 6.42 Å². The van der Waals surface area contributed by atoms with Crippen molar-refractivity contribution in [3.8, 4) is 5.75 Å². The molecule has 0 aliphatic carbocycles. The third kappa shape index (κ3) is 2.55. The molecule has 1 aromatic carbocycles. The molecule has 0 aliphatic rings. The molecule has 2 N–H and O–H groups in total. The molecule has 1 radical (unpaired) electrons. The molecule has 0 spiro atoms. The standard InChI is InChI=1S/C10H14NO/c1-3-10(11)12-9-6-4-8(2)5-7-9/h3-7,10H,11H2,1-2H3. The molecule has 2 nitrogen and oxygen atoms in total. The quantitative estimate of drug-likeness (QED) is 0.692. The Morgan fingerprint density at radius 1 is 1.33 bits per heavy atom. The number of rotatable bonds is 3. The van der Waals surface area contributed by atoms with Crippen LogP contribution in [0.4, 0.5) is 0 Å². The van der Waals surface area contributed by atoms with E-state index in [4.69, 9.17) is 10.5 Å². The maximum atomic E-state index is 5.57. The minimum absolute atomic E-state index is 0.312. The summed E-state index contributed by atoms with van der Waals surface area (Å²) in [7, 11) is 0. The van der Waals surface area contributed by atoms with Crippen molar-refractivity contribution in [2.24, 2.45) is 5.73 Å². The maximum Gasteiger partial charge on any atom is 0.150 e. The Kier molecular flexibility index (Phi) is 3.11. The van der Waals surface area contributed by atoms with Gasteiger partial charge < -0.3 is 4.74 Å². The van der Waals surface area contributed by atoms with E-state index in [0.29, 0.717) is 0 Å². The van der Waals surface area contributed by atoms with Crippen LogP contribution >= 0.6 is 0 Å². The zero-order chi connectivity index (χ0) is 8.97. The van der Waals surface area contributed by atoms with E-state index in [0.717, 1.165) is 5.75 Å². The summed E-state index contributed by atoms with van der Waals surface area (Å²) in [5.74, 6) is 0.811. The van der Waals surface area contributed by atoms with Gasteiger partial charge in [-0.25, -0.2) is 0 Å². The third-order valence-electron chi connectivity index (χ3n) is 1.62. The molecule has 65 valence electrons. The third-order valence-corrected chi connectivity index (χ3v) is 1.62. The number of ether oxygens (including phenoxy) is 1. The second-order valence-electron chi connectivity index (χ2n) is 2.73. The van der Waals surface area contributed by atoms with E-state index in [-0.39, 0.29) is 6.23 Å². The first-order valence-corrected chi connectivity index (χ1v) is 4.01. The number of hydrogen-bond acceptors (Lipinski definition) is 2. The lowest BCUT2D eigenvalue weighted by Gasteiger charge is -2.11. The van der Waals surface area contributed by atoms with Crippen molar-refractivity contribution in [2.45, 2.75) is 20.1 Å². The van der Waals surface area contributed by atoms with E-state index in [1.165, 1.54) is 5.56 Å². The van der Waals surface area contributed by atoms with E-state index in [2.05, 4.69) is 0 Å². The summed E-state index contributed by atoms with van der Waals surface area (Å²) in [6.45, 7) is 3.91. The van der Waals surface area contributed by atoms with Crippen LogP contribution in [0.3, 0.4) is 0 Å². The largest absolute Gasteiger partial charge is 0.475 e. The van der Waals surface area contributed by atoms with Crippen LogP contribution in [-0.4, -0.2) is 6.23 Å². The molecule has 2 heteroatoms. The van der Waals surface area contributed by atoms with Crippen LogP contribution in [0.2, 0.25) is 0 Å². The molecule has 0 aliphatic heterocycles. The maximum absolute atomic E-state index is 5.57. The molecule has 0 saturated carbocycles. The number of aryl methyl sites for hydroxylation is 1. The van der Waals surface area contributed by atoms with E-state index in [9.17, 15) is 0 Å². The van der Waals surface area contributed by atoms with Gasteiger partial charge in [0.25, 0.3) is 0 Å². The summed E-state index contributed by atoms with van der Waals surface area (Å²) in [5.41, 5.74) is 6.78. The first kappa shape index (κ1) is 9.07. The predicted molar refractivity (Wildman–Crippen MR) is 49.8 cm³/mol. The Hall–Kier alpha value is -1.02. The monoisotopic (exact) mass is 164 g/mol.